The second-order valence-corrected chi connectivity index (χ2v) is 6.70. The molecule has 2 aromatic carbocycles. The lowest BCUT2D eigenvalue weighted by Gasteiger charge is -2.22. The monoisotopic (exact) mass is 429 g/mol. The van der Waals surface area contributed by atoms with Gasteiger partial charge in [-0.15, -0.1) is 0 Å². The van der Waals surface area contributed by atoms with E-state index < -0.39 is 22.7 Å². The van der Waals surface area contributed by atoms with Crippen LogP contribution in [0, 0.1) is 0 Å². The van der Waals surface area contributed by atoms with Crippen molar-refractivity contribution < 1.29 is 27.4 Å². The van der Waals surface area contributed by atoms with Gasteiger partial charge in [-0.1, -0.05) is 31.0 Å². The minimum atomic E-state index is -4.63. The van der Waals surface area contributed by atoms with Crippen molar-refractivity contribution in [3.05, 3.63) is 52.5 Å². The third-order valence-corrected chi connectivity index (χ3v) is 4.53. The van der Waals surface area contributed by atoms with Gasteiger partial charge < -0.3 is 14.4 Å². The standard InChI is InChI=1S/C21H23ClF3NO3/c1-4-6-12-29-18-9-7-8-17(28-5-2)19(18)20(27)26(3)14-10-11-16(22)15(13-14)21(23,24)25/h7-11,13H,4-6,12H2,1-3H3. The van der Waals surface area contributed by atoms with Crippen LogP contribution in [0.4, 0.5) is 18.9 Å². The zero-order chi connectivity index (χ0) is 21.6. The van der Waals surface area contributed by atoms with Crippen molar-refractivity contribution in [2.75, 3.05) is 25.2 Å². The van der Waals surface area contributed by atoms with Crippen molar-refractivity contribution in [2.45, 2.75) is 32.9 Å². The van der Waals surface area contributed by atoms with Crippen LogP contribution in [0.15, 0.2) is 36.4 Å². The summed E-state index contributed by atoms with van der Waals surface area (Å²) in [6.45, 7) is 4.52. The first kappa shape index (κ1) is 22.9. The number of carbonyl (C=O) groups excluding carboxylic acids is 1. The van der Waals surface area contributed by atoms with Crippen LogP contribution in [0.25, 0.3) is 0 Å². The molecule has 0 aliphatic carbocycles. The fraction of sp³-hybridized carbons (Fsp3) is 0.381. The van der Waals surface area contributed by atoms with Gasteiger partial charge in [-0.3, -0.25) is 4.79 Å². The van der Waals surface area contributed by atoms with E-state index in [1.54, 1.807) is 25.1 Å². The molecule has 0 aromatic heterocycles. The molecule has 0 bridgehead atoms. The summed E-state index contributed by atoms with van der Waals surface area (Å²) in [5.41, 5.74) is -0.789. The van der Waals surface area contributed by atoms with E-state index in [4.69, 9.17) is 21.1 Å². The van der Waals surface area contributed by atoms with Crippen LogP contribution in [-0.4, -0.2) is 26.2 Å². The summed E-state index contributed by atoms with van der Waals surface area (Å²) in [6.07, 6.45) is -2.91. The summed E-state index contributed by atoms with van der Waals surface area (Å²) in [5.74, 6) is 0.0885. The highest BCUT2D eigenvalue weighted by Crippen LogP contribution is 2.38. The van der Waals surface area contributed by atoms with Crippen LogP contribution in [0.5, 0.6) is 11.5 Å². The van der Waals surface area contributed by atoms with Crippen molar-refractivity contribution in [1.29, 1.82) is 0 Å². The Balaban J connectivity index is 2.45. The van der Waals surface area contributed by atoms with Gasteiger partial charge in [0.2, 0.25) is 0 Å². The zero-order valence-corrected chi connectivity index (χ0v) is 17.2. The maximum atomic E-state index is 13.2. The smallest absolute Gasteiger partial charge is 0.417 e. The van der Waals surface area contributed by atoms with Gasteiger partial charge in [0.15, 0.2) is 0 Å². The van der Waals surface area contributed by atoms with Crippen LogP contribution in [0.3, 0.4) is 0 Å². The Kier molecular flexibility index (Phi) is 7.79. The van der Waals surface area contributed by atoms with Crippen molar-refractivity contribution in [3.8, 4) is 11.5 Å². The number of ether oxygens (including phenoxy) is 2. The Morgan fingerprint density at radius 1 is 1.10 bits per heavy atom. The third kappa shape index (κ3) is 5.56. The van der Waals surface area contributed by atoms with Gasteiger partial charge in [-0.2, -0.15) is 13.2 Å². The molecule has 0 spiro atoms. The summed E-state index contributed by atoms with van der Waals surface area (Å²) in [7, 11) is 1.39. The van der Waals surface area contributed by atoms with E-state index in [2.05, 4.69) is 0 Å². The Morgan fingerprint density at radius 2 is 1.76 bits per heavy atom. The van der Waals surface area contributed by atoms with Crippen LogP contribution >= 0.6 is 11.6 Å². The lowest BCUT2D eigenvalue weighted by atomic mass is 10.1. The first-order valence-corrected chi connectivity index (χ1v) is 9.61. The summed E-state index contributed by atoms with van der Waals surface area (Å²) >= 11 is 5.68. The number of nitrogens with zero attached hydrogens (tertiary/aromatic N) is 1. The predicted molar refractivity (Wildman–Crippen MR) is 107 cm³/mol. The van der Waals surface area contributed by atoms with E-state index in [-0.39, 0.29) is 11.3 Å². The Morgan fingerprint density at radius 3 is 2.34 bits per heavy atom. The number of amides is 1. The first-order chi connectivity index (χ1) is 13.7. The molecule has 2 rings (SSSR count). The number of anilines is 1. The minimum absolute atomic E-state index is 0.0533. The molecule has 1 amide bonds. The maximum Gasteiger partial charge on any atom is 0.417 e. The van der Waals surface area contributed by atoms with Gasteiger partial charge in [0.25, 0.3) is 5.91 Å². The highest BCUT2D eigenvalue weighted by Gasteiger charge is 2.34. The molecule has 0 aliphatic heterocycles. The molecule has 8 heteroatoms. The Labute approximate surface area is 173 Å². The van der Waals surface area contributed by atoms with E-state index in [1.807, 2.05) is 6.92 Å². The van der Waals surface area contributed by atoms with Crippen molar-refractivity contribution in [2.24, 2.45) is 0 Å². The molecule has 0 heterocycles. The van der Waals surface area contributed by atoms with Crippen molar-refractivity contribution in [3.63, 3.8) is 0 Å². The Bertz CT molecular complexity index is 856. The summed E-state index contributed by atoms with van der Waals surface area (Å²) in [5, 5.41) is -0.430. The summed E-state index contributed by atoms with van der Waals surface area (Å²) in [4.78, 5) is 14.3. The van der Waals surface area contributed by atoms with Gasteiger partial charge in [0.05, 0.1) is 23.8 Å². The van der Waals surface area contributed by atoms with Gasteiger partial charge >= 0.3 is 6.18 Å². The maximum absolute atomic E-state index is 13.2. The number of alkyl halides is 3. The zero-order valence-electron chi connectivity index (χ0n) is 16.5. The van der Waals surface area contributed by atoms with Crippen molar-refractivity contribution >= 4 is 23.2 Å². The molecule has 0 aliphatic rings. The highest BCUT2D eigenvalue weighted by molar-refractivity contribution is 6.31. The van der Waals surface area contributed by atoms with Crippen LogP contribution < -0.4 is 14.4 Å². The molecule has 0 radical (unpaired) electrons. The first-order valence-electron chi connectivity index (χ1n) is 9.24. The molecular weight excluding hydrogens is 407 g/mol. The average Bonchev–Trinajstić information content (AvgIpc) is 2.67. The lowest BCUT2D eigenvalue weighted by Crippen LogP contribution is -2.28. The van der Waals surface area contributed by atoms with Gasteiger partial charge in [-0.25, -0.2) is 0 Å². The number of unbranched alkanes of at least 4 members (excludes halogenated alkanes) is 1. The number of carbonyl (C=O) groups is 1. The number of halogens is 4. The molecule has 0 atom stereocenters. The summed E-state index contributed by atoms with van der Waals surface area (Å²) in [6, 6.07) is 8.30. The van der Waals surface area contributed by atoms with E-state index in [9.17, 15) is 18.0 Å². The minimum Gasteiger partial charge on any atom is -0.493 e. The van der Waals surface area contributed by atoms with Gasteiger partial charge in [-0.05, 0) is 43.7 Å². The van der Waals surface area contributed by atoms with Gasteiger partial charge in [0.1, 0.15) is 17.1 Å². The Hall–Kier alpha value is -2.41. The molecule has 0 saturated carbocycles. The van der Waals surface area contributed by atoms with Crippen molar-refractivity contribution in [1.82, 2.24) is 0 Å². The molecule has 0 saturated heterocycles. The fourth-order valence-corrected chi connectivity index (χ4v) is 2.89. The highest BCUT2D eigenvalue weighted by atomic mass is 35.5. The second-order valence-electron chi connectivity index (χ2n) is 6.29. The number of rotatable bonds is 8. The quantitative estimate of drug-likeness (QED) is 0.468. The fourth-order valence-electron chi connectivity index (χ4n) is 2.67. The number of hydrogen-bond donors (Lipinski definition) is 0. The molecule has 0 N–H and O–H groups in total. The van der Waals surface area contributed by atoms with Crippen LogP contribution in [0.2, 0.25) is 5.02 Å². The predicted octanol–water partition coefficient (Wildman–Crippen LogP) is 6.21. The third-order valence-electron chi connectivity index (χ3n) is 4.20. The van der Waals surface area contributed by atoms with Gasteiger partial charge in [0, 0.05) is 12.7 Å². The van der Waals surface area contributed by atoms with Crippen LogP contribution in [0.1, 0.15) is 42.6 Å². The number of hydrogen-bond acceptors (Lipinski definition) is 3. The number of benzene rings is 2. The molecule has 0 fully saturated rings. The molecule has 158 valence electrons. The molecule has 2 aromatic rings. The SMILES string of the molecule is CCCCOc1cccc(OCC)c1C(=O)N(C)c1ccc(Cl)c(C(F)(F)F)c1. The largest absolute Gasteiger partial charge is 0.493 e. The molecular formula is C21H23ClF3NO3. The molecule has 4 nitrogen and oxygen atoms in total. The topological polar surface area (TPSA) is 38.8 Å². The summed E-state index contributed by atoms with van der Waals surface area (Å²) < 4.78 is 50.9. The molecule has 29 heavy (non-hydrogen) atoms. The normalized spacial score (nSPS) is 11.3. The van der Waals surface area contributed by atoms with E-state index in [0.29, 0.717) is 24.7 Å². The lowest BCUT2D eigenvalue weighted by molar-refractivity contribution is -0.137. The van der Waals surface area contributed by atoms with E-state index in [1.165, 1.54) is 13.1 Å². The van der Waals surface area contributed by atoms with Crippen LogP contribution in [-0.2, 0) is 6.18 Å². The average molecular weight is 430 g/mol. The van der Waals surface area contributed by atoms with E-state index in [0.717, 1.165) is 29.9 Å². The molecule has 0 unspecified atom stereocenters. The van der Waals surface area contributed by atoms with E-state index >= 15 is 0 Å². The second kappa shape index (κ2) is 9.87.